The Morgan fingerprint density at radius 3 is 2.18 bits per heavy atom. The molecule has 0 fully saturated rings. The van der Waals surface area contributed by atoms with Crippen molar-refractivity contribution in [1.82, 2.24) is 0 Å². The number of hydrogen-bond acceptors (Lipinski definition) is 4. The quantitative estimate of drug-likeness (QED) is 0.759. The summed E-state index contributed by atoms with van der Waals surface area (Å²) in [6, 6.07) is 11.0. The van der Waals surface area contributed by atoms with Crippen molar-refractivity contribution >= 4 is 0 Å². The number of phenolic OH excluding ortho intramolecular Hbond substituents is 3. The highest BCUT2D eigenvalue weighted by Crippen LogP contribution is 2.35. The van der Waals surface area contributed by atoms with Crippen LogP contribution in [0.1, 0.15) is 5.56 Å². The van der Waals surface area contributed by atoms with Crippen LogP contribution in [0.4, 0.5) is 0 Å². The van der Waals surface area contributed by atoms with E-state index < -0.39 is 0 Å². The summed E-state index contributed by atoms with van der Waals surface area (Å²) in [4.78, 5) is 0. The Kier molecular flexibility index (Phi) is 3.05. The summed E-state index contributed by atoms with van der Waals surface area (Å²) in [7, 11) is 0. The largest absolute Gasteiger partial charge is 0.508 e. The van der Waals surface area contributed by atoms with Gasteiger partial charge in [0.1, 0.15) is 12.4 Å². The Morgan fingerprint density at radius 1 is 0.882 bits per heavy atom. The van der Waals surface area contributed by atoms with Crippen molar-refractivity contribution in [3.63, 3.8) is 0 Å². The van der Waals surface area contributed by atoms with Crippen molar-refractivity contribution in [1.29, 1.82) is 0 Å². The van der Waals surface area contributed by atoms with Crippen molar-refractivity contribution in [2.75, 3.05) is 0 Å². The van der Waals surface area contributed by atoms with E-state index in [0.29, 0.717) is 0 Å². The first-order valence-corrected chi connectivity index (χ1v) is 5.08. The minimum Gasteiger partial charge on any atom is -0.508 e. The van der Waals surface area contributed by atoms with Crippen molar-refractivity contribution < 1.29 is 20.1 Å². The molecule has 2 rings (SSSR count). The molecule has 0 amide bonds. The van der Waals surface area contributed by atoms with E-state index in [1.54, 1.807) is 24.3 Å². The molecule has 0 aromatic heterocycles. The van der Waals surface area contributed by atoms with Gasteiger partial charge >= 0.3 is 0 Å². The average Bonchev–Trinajstić information content (AvgIpc) is 2.28. The highest BCUT2D eigenvalue weighted by atomic mass is 16.5. The molecule has 0 bridgehead atoms. The third kappa shape index (κ3) is 2.60. The van der Waals surface area contributed by atoms with Gasteiger partial charge in [-0.3, -0.25) is 0 Å². The van der Waals surface area contributed by atoms with E-state index in [1.165, 1.54) is 18.2 Å². The number of rotatable bonds is 3. The standard InChI is InChI=1S/C13H12O4/c14-10-4-1-3-9(7-10)8-17-13-11(15)5-2-6-12(13)16/h1-7,14-16H,8H2. The minimum absolute atomic E-state index is 0.0378. The van der Waals surface area contributed by atoms with E-state index in [4.69, 9.17) is 4.74 Å². The highest BCUT2D eigenvalue weighted by Gasteiger charge is 2.08. The molecular weight excluding hydrogens is 220 g/mol. The van der Waals surface area contributed by atoms with Gasteiger partial charge in [0.05, 0.1) is 0 Å². The molecule has 4 nitrogen and oxygen atoms in total. The SMILES string of the molecule is Oc1cccc(COc2c(O)cccc2O)c1. The number of hydrogen-bond donors (Lipinski definition) is 3. The van der Waals surface area contributed by atoms with E-state index in [9.17, 15) is 15.3 Å². The smallest absolute Gasteiger partial charge is 0.203 e. The molecule has 88 valence electrons. The summed E-state index contributed by atoms with van der Waals surface area (Å²) < 4.78 is 5.30. The van der Waals surface area contributed by atoms with Gasteiger partial charge in [-0.25, -0.2) is 0 Å². The van der Waals surface area contributed by atoms with E-state index in [2.05, 4.69) is 0 Å². The molecule has 0 aliphatic carbocycles. The normalized spacial score (nSPS) is 10.1. The lowest BCUT2D eigenvalue weighted by Gasteiger charge is -2.09. The van der Waals surface area contributed by atoms with Gasteiger partial charge in [0.25, 0.3) is 0 Å². The number of phenols is 3. The zero-order valence-corrected chi connectivity index (χ0v) is 9.00. The van der Waals surface area contributed by atoms with Gasteiger partial charge in [0.15, 0.2) is 11.5 Å². The second kappa shape index (κ2) is 4.65. The predicted molar refractivity (Wildman–Crippen MR) is 62.2 cm³/mol. The van der Waals surface area contributed by atoms with Crippen LogP contribution in [0.2, 0.25) is 0 Å². The topological polar surface area (TPSA) is 69.9 Å². The van der Waals surface area contributed by atoms with E-state index in [1.807, 2.05) is 0 Å². The number of para-hydroxylation sites is 1. The van der Waals surface area contributed by atoms with Crippen molar-refractivity contribution in [3.8, 4) is 23.0 Å². The average molecular weight is 232 g/mol. The molecule has 0 aliphatic heterocycles. The highest BCUT2D eigenvalue weighted by molar-refractivity contribution is 5.49. The molecule has 0 spiro atoms. The summed E-state index contributed by atoms with van der Waals surface area (Å²) in [6.45, 7) is 0.152. The maximum Gasteiger partial charge on any atom is 0.203 e. The van der Waals surface area contributed by atoms with E-state index in [-0.39, 0.29) is 29.6 Å². The fourth-order valence-electron chi connectivity index (χ4n) is 1.46. The van der Waals surface area contributed by atoms with Crippen LogP contribution in [-0.2, 0) is 6.61 Å². The fraction of sp³-hybridized carbons (Fsp3) is 0.0769. The minimum atomic E-state index is -0.120. The van der Waals surface area contributed by atoms with Gasteiger partial charge in [-0.1, -0.05) is 18.2 Å². The lowest BCUT2D eigenvalue weighted by molar-refractivity contribution is 0.272. The van der Waals surface area contributed by atoms with Crippen LogP contribution >= 0.6 is 0 Å². The van der Waals surface area contributed by atoms with Gasteiger partial charge in [0, 0.05) is 0 Å². The van der Waals surface area contributed by atoms with Crippen LogP contribution in [0.15, 0.2) is 42.5 Å². The van der Waals surface area contributed by atoms with E-state index in [0.717, 1.165) is 5.56 Å². The Hall–Kier alpha value is -2.36. The summed E-state index contributed by atoms with van der Waals surface area (Å²) in [6.07, 6.45) is 0. The lowest BCUT2D eigenvalue weighted by Crippen LogP contribution is -1.95. The van der Waals surface area contributed by atoms with Crippen molar-refractivity contribution in [3.05, 3.63) is 48.0 Å². The molecule has 0 aliphatic rings. The van der Waals surface area contributed by atoms with Gasteiger partial charge < -0.3 is 20.1 Å². The third-order valence-electron chi connectivity index (χ3n) is 2.27. The van der Waals surface area contributed by atoms with Gasteiger partial charge in [-0.15, -0.1) is 0 Å². The molecular formula is C13H12O4. The lowest BCUT2D eigenvalue weighted by atomic mass is 10.2. The molecule has 0 atom stereocenters. The fourth-order valence-corrected chi connectivity index (χ4v) is 1.46. The van der Waals surface area contributed by atoms with Crippen LogP contribution in [-0.4, -0.2) is 15.3 Å². The maximum absolute atomic E-state index is 9.49. The molecule has 0 heterocycles. The predicted octanol–water partition coefficient (Wildman–Crippen LogP) is 2.38. The molecule has 17 heavy (non-hydrogen) atoms. The molecule has 0 saturated heterocycles. The zero-order chi connectivity index (χ0) is 12.3. The number of ether oxygens (including phenoxy) is 1. The summed E-state index contributed by atoms with van der Waals surface area (Å²) in [5.41, 5.74) is 0.743. The Balaban J connectivity index is 2.13. The number of aromatic hydroxyl groups is 3. The Bertz CT molecular complexity index is 502. The first-order chi connectivity index (χ1) is 8.16. The second-order valence-electron chi connectivity index (χ2n) is 3.58. The molecule has 0 saturated carbocycles. The number of benzene rings is 2. The second-order valence-corrected chi connectivity index (χ2v) is 3.58. The van der Waals surface area contributed by atoms with E-state index >= 15 is 0 Å². The van der Waals surface area contributed by atoms with Crippen LogP contribution in [0.5, 0.6) is 23.0 Å². The Morgan fingerprint density at radius 2 is 1.53 bits per heavy atom. The molecule has 2 aromatic rings. The van der Waals surface area contributed by atoms with Gasteiger partial charge in [-0.2, -0.15) is 0 Å². The third-order valence-corrected chi connectivity index (χ3v) is 2.27. The first-order valence-electron chi connectivity index (χ1n) is 5.08. The van der Waals surface area contributed by atoms with Crippen molar-refractivity contribution in [2.24, 2.45) is 0 Å². The summed E-state index contributed by atoms with van der Waals surface area (Å²) in [5, 5.41) is 28.2. The summed E-state index contributed by atoms with van der Waals surface area (Å²) in [5.74, 6) is -0.0567. The Labute approximate surface area is 98.3 Å². The van der Waals surface area contributed by atoms with Crippen LogP contribution in [0.25, 0.3) is 0 Å². The van der Waals surface area contributed by atoms with Crippen LogP contribution in [0.3, 0.4) is 0 Å². The molecule has 4 heteroatoms. The zero-order valence-electron chi connectivity index (χ0n) is 9.00. The van der Waals surface area contributed by atoms with Crippen LogP contribution in [0, 0.1) is 0 Å². The first kappa shape index (κ1) is 11.1. The molecule has 0 unspecified atom stereocenters. The molecule has 3 N–H and O–H groups in total. The maximum atomic E-state index is 9.49. The molecule has 0 radical (unpaired) electrons. The van der Waals surface area contributed by atoms with Gasteiger partial charge in [0.2, 0.25) is 5.75 Å². The van der Waals surface area contributed by atoms with Crippen LogP contribution < -0.4 is 4.74 Å². The summed E-state index contributed by atoms with van der Waals surface area (Å²) >= 11 is 0. The molecule has 2 aromatic carbocycles. The van der Waals surface area contributed by atoms with Gasteiger partial charge in [-0.05, 0) is 29.8 Å². The monoisotopic (exact) mass is 232 g/mol. The van der Waals surface area contributed by atoms with Crippen molar-refractivity contribution in [2.45, 2.75) is 6.61 Å².